The van der Waals surface area contributed by atoms with Gasteiger partial charge in [0.15, 0.2) is 0 Å². The Labute approximate surface area is 120 Å². The van der Waals surface area contributed by atoms with Crippen LogP contribution < -0.4 is 4.72 Å². The average molecular weight is 298 g/mol. The fraction of sp³-hybridized carbons (Fsp3) is 0.769. The van der Waals surface area contributed by atoms with Crippen LogP contribution in [-0.2, 0) is 10.2 Å². The molecule has 3 aliphatic rings. The predicted molar refractivity (Wildman–Crippen MR) is 78.6 cm³/mol. The molecule has 112 valence electrons. The Morgan fingerprint density at radius 1 is 1.30 bits per heavy atom. The molecule has 6 nitrogen and oxygen atoms in total. The Balaban J connectivity index is 1.75. The lowest BCUT2D eigenvalue weighted by atomic mass is 10.0. The van der Waals surface area contributed by atoms with E-state index in [0.29, 0.717) is 19.6 Å². The second-order valence-corrected chi connectivity index (χ2v) is 7.57. The van der Waals surface area contributed by atoms with Crippen LogP contribution in [0.2, 0.25) is 0 Å². The number of fused-ring (bicyclic) bond motifs is 1. The Morgan fingerprint density at radius 3 is 2.60 bits per heavy atom. The highest BCUT2D eigenvalue weighted by Gasteiger charge is 2.37. The molecular formula is C13H22N4O2S. The van der Waals surface area contributed by atoms with E-state index in [1.54, 1.807) is 0 Å². The summed E-state index contributed by atoms with van der Waals surface area (Å²) in [5.74, 6) is 0.990. The zero-order valence-corrected chi connectivity index (χ0v) is 13.1. The minimum atomic E-state index is -3.30. The number of aliphatic imine (C=N–C) groups is 1. The lowest BCUT2D eigenvalue weighted by Gasteiger charge is -2.31. The molecule has 0 spiro atoms. The van der Waals surface area contributed by atoms with Crippen molar-refractivity contribution >= 4 is 16.0 Å². The third-order valence-electron chi connectivity index (χ3n) is 4.49. The molecule has 0 aromatic carbocycles. The van der Waals surface area contributed by atoms with Crippen LogP contribution in [0.15, 0.2) is 16.3 Å². The van der Waals surface area contributed by atoms with E-state index in [4.69, 9.17) is 0 Å². The summed E-state index contributed by atoms with van der Waals surface area (Å²) in [4.78, 5) is 6.75. The largest absolute Gasteiger partial charge is 0.332 e. The molecule has 0 aromatic rings. The monoisotopic (exact) mass is 298 g/mol. The van der Waals surface area contributed by atoms with Crippen molar-refractivity contribution in [2.24, 2.45) is 4.99 Å². The highest BCUT2D eigenvalue weighted by atomic mass is 32.2. The Hall–Kier alpha value is -0.920. The van der Waals surface area contributed by atoms with Gasteiger partial charge in [-0.05, 0) is 32.8 Å². The second kappa shape index (κ2) is 4.82. The van der Waals surface area contributed by atoms with Gasteiger partial charge < -0.3 is 4.90 Å². The van der Waals surface area contributed by atoms with Crippen molar-refractivity contribution in [1.82, 2.24) is 13.9 Å². The highest BCUT2D eigenvalue weighted by Crippen LogP contribution is 2.31. The van der Waals surface area contributed by atoms with Gasteiger partial charge in [0.1, 0.15) is 5.84 Å². The molecule has 2 atom stereocenters. The Morgan fingerprint density at radius 2 is 2.00 bits per heavy atom. The van der Waals surface area contributed by atoms with Crippen molar-refractivity contribution in [3.05, 3.63) is 11.3 Å². The maximum absolute atomic E-state index is 12.2. The summed E-state index contributed by atoms with van der Waals surface area (Å²) in [7, 11) is -3.30. The molecule has 0 radical (unpaired) electrons. The Bertz CT molecular complexity index is 577. The molecule has 2 saturated heterocycles. The normalized spacial score (nSPS) is 31.1. The molecule has 0 saturated carbocycles. The summed E-state index contributed by atoms with van der Waals surface area (Å²) >= 11 is 0. The van der Waals surface area contributed by atoms with E-state index in [9.17, 15) is 8.42 Å². The minimum absolute atomic E-state index is 0.0546. The molecular weight excluding hydrogens is 276 g/mol. The smallest absolute Gasteiger partial charge is 0.279 e. The highest BCUT2D eigenvalue weighted by molar-refractivity contribution is 7.87. The van der Waals surface area contributed by atoms with E-state index < -0.39 is 10.2 Å². The van der Waals surface area contributed by atoms with Crippen molar-refractivity contribution in [3.63, 3.8) is 0 Å². The molecule has 7 heteroatoms. The molecule has 3 heterocycles. The molecule has 1 N–H and O–H groups in total. The first kappa shape index (κ1) is 14.0. The van der Waals surface area contributed by atoms with Crippen LogP contribution in [0.1, 0.15) is 33.6 Å². The average Bonchev–Trinajstić information content (AvgIpc) is 2.66. The fourth-order valence-corrected chi connectivity index (χ4v) is 4.49. The van der Waals surface area contributed by atoms with E-state index in [1.807, 2.05) is 6.92 Å². The van der Waals surface area contributed by atoms with Gasteiger partial charge in [-0.2, -0.15) is 17.4 Å². The van der Waals surface area contributed by atoms with E-state index in [1.165, 1.54) is 15.6 Å². The zero-order chi connectivity index (χ0) is 14.5. The van der Waals surface area contributed by atoms with Crippen LogP contribution >= 0.6 is 0 Å². The lowest BCUT2D eigenvalue weighted by molar-refractivity contribution is 0.302. The number of hydrogen-bond donors (Lipinski definition) is 1. The molecule has 20 heavy (non-hydrogen) atoms. The van der Waals surface area contributed by atoms with Gasteiger partial charge in [-0.1, -0.05) is 0 Å². The molecule has 2 unspecified atom stereocenters. The van der Waals surface area contributed by atoms with E-state index in [0.717, 1.165) is 18.7 Å². The molecule has 0 aromatic heterocycles. The van der Waals surface area contributed by atoms with Crippen LogP contribution in [-0.4, -0.2) is 55.2 Å². The summed E-state index contributed by atoms with van der Waals surface area (Å²) in [5.41, 5.74) is 2.49. The predicted octanol–water partition coefficient (Wildman–Crippen LogP) is 0.695. The van der Waals surface area contributed by atoms with Gasteiger partial charge in [0, 0.05) is 37.8 Å². The standard InChI is InChI=1S/C13H22N4O2S/c1-9-10(2)14-11(3)17-8-12(7-13(9)17)15-20(18,19)16-5-4-6-16/h10,12,15H,4-8H2,1-3H3. The number of rotatable bonds is 3. The van der Waals surface area contributed by atoms with E-state index in [-0.39, 0.29) is 12.1 Å². The molecule has 3 rings (SSSR count). The van der Waals surface area contributed by atoms with Crippen molar-refractivity contribution in [2.45, 2.75) is 45.7 Å². The number of hydrogen-bond acceptors (Lipinski definition) is 4. The van der Waals surface area contributed by atoms with E-state index in [2.05, 4.69) is 28.5 Å². The first-order valence-electron chi connectivity index (χ1n) is 7.17. The maximum atomic E-state index is 12.2. The quantitative estimate of drug-likeness (QED) is 0.834. The second-order valence-electron chi connectivity index (χ2n) is 5.87. The van der Waals surface area contributed by atoms with Crippen LogP contribution in [0.25, 0.3) is 0 Å². The number of nitrogens with zero attached hydrogens (tertiary/aromatic N) is 3. The third kappa shape index (κ3) is 2.27. The van der Waals surface area contributed by atoms with Gasteiger partial charge >= 0.3 is 0 Å². The van der Waals surface area contributed by atoms with Crippen LogP contribution in [0.3, 0.4) is 0 Å². The third-order valence-corrected chi connectivity index (χ3v) is 6.17. The van der Waals surface area contributed by atoms with Crippen molar-refractivity contribution in [3.8, 4) is 0 Å². The van der Waals surface area contributed by atoms with Gasteiger partial charge in [-0.3, -0.25) is 4.99 Å². The summed E-state index contributed by atoms with van der Waals surface area (Å²) in [5, 5.41) is 0. The molecule has 3 aliphatic heterocycles. The topological polar surface area (TPSA) is 65.0 Å². The maximum Gasteiger partial charge on any atom is 0.279 e. The molecule has 2 fully saturated rings. The first-order valence-corrected chi connectivity index (χ1v) is 8.61. The molecule has 0 bridgehead atoms. The summed E-state index contributed by atoms with van der Waals surface area (Å²) in [6.45, 7) is 8.14. The van der Waals surface area contributed by atoms with Crippen LogP contribution in [0, 0.1) is 0 Å². The lowest BCUT2D eigenvalue weighted by Crippen LogP contribution is -2.51. The van der Waals surface area contributed by atoms with Crippen LogP contribution in [0.4, 0.5) is 0 Å². The summed E-state index contributed by atoms with van der Waals surface area (Å²) < 4.78 is 28.6. The fourth-order valence-electron chi connectivity index (χ4n) is 3.02. The SMILES string of the molecule is CC1=NC(C)C(C)=C2CC(NS(=O)(=O)N3CCC3)CN12. The van der Waals surface area contributed by atoms with Crippen molar-refractivity contribution in [1.29, 1.82) is 0 Å². The number of amidine groups is 1. The van der Waals surface area contributed by atoms with Gasteiger partial charge in [-0.25, -0.2) is 0 Å². The molecule has 0 amide bonds. The van der Waals surface area contributed by atoms with Crippen LogP contribution in [0.5, 0.6) is 0 Å². The zero-order valence-electron chi connectivity index (χ0n) is 12.3. The van der Waals surface area contributed by atoms with Gasteiger partial charge in [0.25, 0.3) is 10.2 Å². The van der Waals surface area contributed by atoms with Crippen molar-refractivity contribution in [2.75, 3.05) is 19.6 Å². The minimum Gasteiger partial charge on any atom is -0.332 e. The number of nitrogens with one attached hydrogen (secondary N) is 1. The van der Waals surface area contributed by atoms with Gasteiger partial charge in [0.2, 0.25) is 0 Å². The van der Waals surface area contributed by atoms with Gasteiger partial charge in [-0.15, -0.1) is 0 Å². The molecule has 0 aliphatic carbocycles. The summed E-state index contributed by atoms with van der Waals surface area (Å²) in [6, 6.07) is 0.146. The summed E-state index contributed by atoms with van der Waals surface area (Å²) in [6.07, 6.45) is 1.72. The van der Waals surface area contributed by atoms with Crippen molar-refractivity contribution < 1.29 is 8.42 Å². The van der Waals surface area contributed by atoms with Gasteiger partial charge in [0.05, 0.1) is 6.04 Å². The first-order chi connectivity index (χ1) is 9.38. The Kier molecular flexibility index (Phi) is 3.38. The van der Waals surface area contributed by atoms with E-state index >= 15 is 0 Å².